The number of hydrogen-bond acceptors (Lipinski definition) is 2. The third-order valence-corrected chi connectivity index (χ3v) is 2.63. The van der Waals surface area contributed by atoms with Crippen molar-refractivity contribution in [1.29, 1.82) is 0 Å². The Balaban J connectivity index is 5.48. The van der Waals surface area contributed by atoms with Gasteiger partial charge in [-0.2, -0.15) is 0 Å². The van der Waals surface area contributed by atoms with Crippen molar-refractivity contribution in [2.45, 2.75) is 41.5 Å². The quantitative estimate of drug-likeness (QED) is 0.582. The van der Waals surface area contributed by atoms with Gasteiger partial charge in [-0.05, 0) is 31.8 Å². The van der Waals surface area contributed by atoms with Crippen molar-refractivity contribution in [3.63, 3.8) is 0 Å². The van der Waals surface area contributed by atoms with Gasteiger partial charge in [-0.1, -0.05) is 51.7 Å². The van der Waals surface area contributed by atoms with E-state index in [4.69, 9.17) is 0 Å². The number of aliphatic hydroxyl groups is 1. The van der Waals surface area contributed by atoms with E-state index in [1.54, 1.807) is 4.90 Å². The first kappa shape index (κ1) is 16.7. The molecule has 0 rings (SSSR count). The second-order valence-electron chi connectivity index (χ2n) is 5.83. The highest BCUT2D eigenvalue weighted by Crippen LogP contribution is 2.33. The Labute approximate surface area is 112 Å². The van der Waals surface area contributed by atoms with Gasteiger partial charge in [0.25, 0.3) is 0 Å². The minimum absolute atomic E-state index is 0.0358. The van der Waals surface area contributed by atoms with E-state index in [0.717, 1.165) is 17.0 Å². The summed E-state index contributed by atoms with van der Waals surface area (Å²) >= 11 is 0. The zero-order chi connectivity index (χ0) is 14.5. The molecule has 0 radical (unpaired) electrons. The van der Waals surface area contributed by atoms with E-state index < -0.39 is 0 Å². The Kier molecular flexibility index (Phi) is 6.13. The van der Waals surface area contributed by atoms with Crippen LogP contribution in [-0.2, 0) is 0 Å². The van der Waals surface area contributed by atoms with Gasteiger partial charge in [0.1, 0.15) is 6.73 Å². The van der Waals surface area contributed by atoms with Crippen LogP contribution in [0.25, 0.3) is 0 Å². The Morgan fingerprint density at radius 2 is 1.61 bits per heavy atom. The summed E-state index contributed by atoms with van der Waals surface area (Å²) in [6, 6.07) is 0. The molecule has 0 aliphatic rings. The Bertz CT molecular complexity index is 376. The second kappa shape index (κ2) is 6.60. The molecule has 0 heterocycles. The molecular weight excluding hydrogens is 222 g/mol. The van der Waals surface area contributed by atoms with Gasteiger partial charge in [-0.25, -0.2) is 0 Å². The van der Waals surface area contributed by atoms with Gasteiger partial charge in [0.05, 0.1) is 0 Å². The van der Waals surface area contributed by atoms with E-state index in [9.17, 15) is 5.11 Å². The van der Waals surface area contributed by atoms with Crippen LogP contribution in [0.2, 0.25) is 0 Å². The fraction of sp³-hybridized carbons (Fsp3) is 0.500. The molecule has 0 aromatic heterocycles. The molecule has 0 bridgehead atoms. The summed E-state index contributed by atoms with van der Waals surface area (Å²) in [7, 11) is 0. The van der Waals surface area contributed by atoms with Gasteiger partial charge >= 0.3 is 0 Å². The molecule has 0 spiro atoms. The second-order valence-corrected chi connectivity index (χ2v) is 5.83. The predicted molar refractivity (Wildman–Crippen MR) is 79.8 cm³/mol. The third kappa shape index (κ3) is 4.92. The molecule has 2 nitrogen and oxygen atoms in total. The molecule has 0 unspecified atom stereocenters. The molecule has 18 heavy (non-hydrogen) atoms. The maximum atomic E-state index is 9.42. The fourth-order valence-electron chi connectivity index (χ4n) is 1.61. The SMILES string of the molecule is C=C(C)N(CO)C(=C)/C(=C\C=C(C)C)C(C)(C)C. The smallest absolute Gasteiger partial charge is 0.119 e. The van der Waals surface area contributed by atoms with Crippen molar-refractivity contribution in [2.75, 3.05) is 6.73 Å². The fourth-order valence-corrected chi connectivity index (χ4v) is 1.61. The molecule has 0 saturated heterocycles. The zero-order valence-electron chi connectivity index (χ0n) is 12.7. The van der Waals surface area contributed by atoms with Crippen molar-refractivity contribution in [1.82, 2.24) is 4.90 Å². The molecule has 0 fully saturated rings. The van der Waals surface area contributed by atoms with E-state index in [0.29, 0.717) is 0 Å². The van der Waals surface area contributed by atoms with Crippen LogP contribution in [0.1, 0.15) is 41.5 Å². The molecule has 0 aromatic rings. The Morgan fingerprint density at radius 3 is 1.89 bits per heavy atom. The minimum atomic E-state index is -0.101. The summed E-state index contributed by atoms with van der Waals surface area (Å²) < 4.78 is 0. The normalized spacial score (nSPS) is 12.1. The van der Waals surface area contributed by atoms with Gasteiger partial charge in [0.2, 0.25) is 0 Å². The highest BCUT2D eigenvalue weighted by atomic mass is 16.3. The molecule has 0 aliphatic carbocycles. The van der Waals surface area contributed by atoms with E-state index in [-0.39, 0.29) is 12.1 Å². The topological polar surface area (TPSA) is 23.5 Å². The van der Waals surface area contributed by atoms with Crippen LogP contribution in [0.5, 0.6) is 0 Å². The monoisotopic (exact) mass is 249 g/mol. The summed E-state index contributed by atoms with van der Waals surface area (Å²) in [5.41, 5.74) is 3.88. The maximum absolute atomic E-state index is 9.42. The summed E-state index contributed by atoms with van der Waals surface area (Å²) in [5.74, 6) is 0. The number of nitrogens with zero attached hydrogens (tertiary/aromatic N) is 1. The lowest BCUT2D eigenvalue weighted by atomic mass is 9.83. The summed E-state index contributed by atoms with van der Waals surface area (Å²) in [6.45, 7) is 20.3. The summed E-state index contributed by atoms with van der Waals surface area (Å²) in [5, 5.41) is 9.42. The molecule has 0 atom stereocenters. The van der Waals surface area contributed by atoms with Crippen molar-refractivity contribution in [3.8, 4) is 0 Å². The van der Waals surface area contributed by atoms with E-state index in [2.05, 4.69) is 59.9 Å². The number of hydrogen-bond donors (Lipinski definition) is 1. The lowest BCUT2D eigenvalue weighted by molar-refractivity contribution is 0.169. The van der Waals surface area contributed by atoms with E-state index in [1.165, 1.54) is 5.57 Å². The molecule has 0 saturated carbocycles. The Morgan fingerprint density at radius 1 is 1.11 bits per heavy atom. The van der Waals surface area contributed by atoms with E-state index in [1.807, 2.05) is 6.92 Å². The van der Waals surface area contributed by atoms with Crippen molar-refractivity contribution in [2.24, 2.45) is 5.41 Å². The van der Waals surface area contributed by atoms with Gasteiger partial charge < -0.3 is 10.0 Å². The van der Waals surface area contributed by atoms with Gasteiger partial charge in [0.15, 0.2) is 0 Å². The highest BCUT2D eigenvalue weighted by molar-refractivity contribution is 5.37. The summed E-state index contributed by atoms with van der Waals surface area (Å²) in [4.78, 5) is 1.72. The molecule has 0 aromatic carbocycles. The van der Waals surface area contributed by atoms with Crippen LogP contribution in [0.4, 0.5) is 0 Å². The average Bonchev–Trinajstić information content (AvgIpc) is 2.15. The minimum Gasteiger partial charge on any atom is -0.376 e. The van der Waals surface area contributed by atoms with Gasteiger partial charge in [-0.15, -0.1) is 0 Å². The van der Waals surface area contributed by atoms with Crippen LogP contribution in [0, 0.1) is 5.41 Å². The maximum Gasteiger partial charge on any atom is 0.119 e. The first-order valence-electron chi connectivity index (χ1n) is 6.20. The molecular formula is C16H27NO. The van der Waals surface area contributed by atoms with Crippen molar-refractivity contribution in [3.05, 3.63) is 47.9 Å². The molecule has 1 N–H and O–H groups in total. The Hall–Kier alpha value is -1.28. The number of aliphatic hydroxyl groups excluding tert-OH is 1. The molecule has 102 valence electrons. The standard InChI is InChI=1S/C16H27NO/c1-12(2)9-10-15(16(6,7)8)14(5)17(11-18)13(3)4/h9-10,18H,3,5,11H2,1-2,4,6-8H3/b15-10+. The third-order valence-electron chi connectivity index (χ3n) is 2.63. The highest BCUT2D eigenvalue weighted by Gasteiger charge is 2.22. The lowest BCUT2D eigenvalue weighted by Crippen LogP contribution is -2.26. The van der Waals surface area contributed by atoms with Crippen LogP contribution >= 0.6 is 0 Å². The first-order chi connectivity index (χ1) is 8.11. The van der Waals surface area contributed by atoms with Gasteiger partial charge in [0, 0.05) is 11.4 Å². The van der Waals surface area contributed by atoms with E-state index >= 15 is 0 Å². The lowest BCUT2D eigenvalue weighted by Gasteiger charge is -2.32. The van der Waals surface area contributed by atoms with Crippen LogP contribution in [0.3, 0.4) is 0 Å². The molecule has 0 amide bonds. The molecule has 2 heteroatoms. The van der Waals surface area contributed by atoms with Crippen molar-refractivity contribution < 1.29 is 5.11 Å². The number of allylic oxidation sites excluding steroid dienone is 5. The van der Waals surface area contributed by atoms with Gasteiger partial charge in [-0.3, -0.25) is 0 Å². The van der Waals surface area contributed by atoms with Crippen LogP contribution in [-0.4, -0.2) is 16.7 Å². The van der Waals surface area contributed by atoms with Crippen LogP contribution in [0.15, 0.2) is 47.9 Å². The zero-order valence-corrected chi connectivity index (χ0v) is 12.7. The summed E-state index contributed by atoms with van der Waals surface area (Å²) in [6.07, 6.45) is 4.14. The molecule has 0 aliphatic heterocycles. The van der Waals surface area contributed by atoms with Crippen molar-refractivity contribution >= 4 is 0 Å². The van der Waals surface area contributed by atoms with Crippen LogP contribution < -0.4 is 0 Å². The predicted octanol–water partition coefficient (Wildman–Crippen LogP) is 4.22. The largest absolute Gasteiger partial charge is 0.376 e. The average molecular weight is 249 g/mol. The number of rotatable bonds is 5. The first-order valence-corrected chi connectivity index (χ1v) is 6.20.